The smallest absolute Gasteiger partial charge is 0.329 e. The molecule has 0 aliphatic carbocycles. The number of carbonyl (C=O) groups excluding carboxylic acids is 2. The van der Waals surface area contributed by atoms with Crippen LogP contribution in [0.4, 0.5) is 5.95 Å². The van der Waals surface area contributed by atoms with Gasteiger partial charge in [0.25, 0.3) is 5.91 Å². The van der Waals surface area contributed by atoms with Crippen LogP contribution in [-0.2, 0) is 16.1 Å². The minimum Gasteiger partial charge on any atom is -0.508 e. The Labute approximate surface area is 204 Å². The third-order valence-electron chi connectivity index (χ3n) is 5.16. The highest BCUT2D eigenvalue weighted by molar-refractivity contribution is 5.98. The van der Waals surface area contributed by atoms with Crippen molar-refractivity contribution >= 4 is 30.2 Å². The van der Waals surface area contributed by atoms with E-state index in [0.29, 0.717) is 23.9 Å². The van der Waals surface area contributed by atoms with Crippen LogP contribution in [0.2, 0.25) is 0 Å². The number of methoxy groups -OCH3 is 1. The number of phenols is 1. The number of nitrogens with one attached hydrogen (secondary N) is 2. The van der Waals surface area contributed by atoms with Gasteiger partial charge in [0.05, 0.1) is 24.1 Å². The number of ether oxygens (including phenoxy) is 1. The van der Waals surface area contributed by atoms with Crippen LogP contribution < -0.4 is 16.4 Å². The Kier molecular flexibility index (Phi) is 9.35. The number of esters is 1. The molecule has 34 heavy (non-hydrogen) atoms. The number of aromatic hydroxyl groups is 1. The van der Waals surface area contributed by atoms with Crippen molar-refractivity contribution < 1.29 is 19.4 Å². The molecule has 0 radical (unpaired) electrons. The Morgan fingerprint density at radius 1 is 1.06 bits per heavy atom. The van der Waals surface area contributed by atoms with Crippen LogP contribution in [0.3, 0.4) is 0 Å². The molecule has 0 unspecified atom stereocenters. The van der Waals surface area contributed by atoms with Gasteiger partial charge in [0.15, 0.2) is 0 Å². The lowest BCUT2D eigenvalue weighted by Crippen LogP contribution is -2.46. The summed E-state index contributed by atoms with van der Waals surface area (Å²) in [5, 5.41) is 15.3. The molecule has 1 heterocycles. The molecule has 5 N–H and O–H groups in total. The maximum absolute atomic E-state index is 12.7. The van der Waals surface area contributed by atoms with Crippen LogP contribution in [0.25, 0.3) is 11.1 Å². The Bertz CT molecular complexity index is 1130. The molecule has 0 spiro atoms. The maximum atomic E-state index is 12.7. The third-order valence-corrected chi connectivity index (χ3v) is 5.16. The lowest BCUT2D eigenvalue weighted by Gasteiger charge is -2.17. The highest BCUT2D eigenvalue weighted by Crippen LogP contribution is 2.26. The van der Waals surface area contributed by atoms with Crippen molar-refractivity contribution in [3.05, 3.63) is 71.0 Å². The molecule has 0 saturated carbocycles. The molecule has 0 saturated heterocycles. The van der Waals surface area contributed by atoms with Gasteiger partial charge in [-0.3, -0.25) is 4.79 Å². The number of rotatable bonds is 8. The summed E-state index contributed by atoms with van der Waals surface area (Å²) in [5.74, 6) is -0.518. The second kappa shape index (κ2) is 12.0. The number of carbonyl (C=O) groups is 2. The van der Waals surface area contributed by atoms with E-state index in [0.717, 1.165) is 16.7 Å². The van der Waals surface area contributed by atoms with Crippen molar-refractivity contribution in [2.75, 3.05) is 19.0 Å². The first-order chi connectivity index (χ1) is 15.8. The van der Waals surface area contributed by atoms with Crippen molar-refractivity contribution in [3.63, 3.8) is 0 Å². The van der Waals surface area contributed by atoms with Gasteiger partial charge in [-0.1, -0.05) is 36.4 Å². The fourth-order valence-electron chi connectivity index (χ4n) is 3.48. The number of nitrogens with two attached hydrogens (primary N) is 1. The van der Waals surface area contributed by atoms with Gasteiger partial charge in [-0.05, 0) is 42.7 Å². The van der Waals surface area contributed by atoms with Crippen molar-refractivity contribution in [2.45, 2.75) is 26.4 Å². The molecule has 1 atom stereocenters. The monoisotopic (exact) mass is 485 g/mol. The highest BCUT2D eigenvalue weighted by atomic mass is 35.5. The lowest BCUT2D eigenvalue weighted by atomic mass is 9.99. The van der Waals surface area contributed by atoms with Gasteiger partial charge in [-0.25, -0.2) is 14.8 Å². The van der Waals surface area contributed by atoms with Gasteiger partial charge >= 0.3 is 5.97 Å². The summed E-state index contributed by atoms with van der Waals surface area (Å²) >= 11 is 0. The minimum atomic E-state index is -0.949. The number of benzene rings is 2. The fourth-order valence-corrected chi connectivity index (χ4v) is 3.48. The Balaban J connectivity index is 0.00000408. The summed E-state index contributed by atoms with van der Waals surface area (Å²) in [6.45, 7) is 3.78. The van der Waals surface area contributed by atoms with Crippen molar-refractivity contribution in [2.24, 2.45) is 5.73 Å². The first-order valence-corrected chi connectivity index (χ1v) is 10.4. The zero-order valence-electron chi connectivity index (χ0n) is 19.2. The Hall–Kier alpha value is -3.69. The van der Waals surface area contributed by atoms with Crippen LogP contribution in [0.5, 0.6) is 5.75 Å². The second-order valence-corrected chi connectivity index (χ2v) is 7.44. The van der Waals surface area contributed by atoms with Gasteiger partial charge < -0.3 is 26.2 Å². The molecule has 0 fully saturated rings. The summed E-state index contributed by atoms with van der Waals surface area (Å²) in [6, 6.07) is 14.0. The highest BCUT2D eigenvalue weighted by Gasteiger charge is 2.23. The number of hydrogen-bond donors (Lipinski definition) is 4. The molecule has 180 valence electrons. The molecule has 0 bridgehead atoms. The van der Waals surface area contributed by atoms with Gasteiger partial charge in [-0.15, -0.1) is 12.4 Å². The molecule has 0 aliphatic rings. The predicted molar refractivity (Wildman–Crippen MR) is 132 cm³/mol. The molecule has 9 nitrogen and oxygen atoms in total. The van der Waals surface area contributed by atoms with E-state index in [9.17, 15) is 14.7 Å². The van der Waals surface area contributed by atoms with Crippen molar-refractivity contribution in [1.29, 1.82) is 0 Å². The predicted octanol–water partition coefficient (Wildman–Crippen LogP) is 2.73. The Morgan fingerprint density at radius 2 is 1.68 bits per heavy atom. The van der Waals surface area contributed by atoms with Crippen LogP contribution in [-0.4, -0.2) is 46.6 Å². The van der Waals surface area contributed by atoms with E-state index in [1.165, 1.54) is 7.11 Å². The average molecular weight is 486 g/mol. The van der Waals surface area contributed by atoms with Gasteiger partial charge in [0.2, 0.25) is 5.95 Å². The number of anilines is 1. The molecule has 0 aliphatic heterocycles. The molecular formula is C24H28ClN5O4. The minimum absolute atomic E-state index is 0. The van der Waals surface area contributed by atoms with E-state index >= 15 is 0 Å². The van der Waals surface area contributed by atoms with Crippen LogP contribution >= 0.6 is 12.4 Å². The van der Waals surface area contributed by atoms with Crippen molar-refractivity contribution in [1.82, 2.24) is 15.3 Å². The maximum Gasteiger partial charge on any atom is 0.329 e. The Morgan fingerprint density at radius 3 is 2.26 bits per heavy atom. The summed E-state index contributed by atoms with van der Waals surface area (Å²) in [6.07, 6.45) is 0. The molecule has 3 rings (SSSR count). The van der Waals surface area contributed by atoms with Crippen molar-refractivity contribution in [3.8, 4) is 16.9 Å². The number of halogens is 1. The van der Waals surface area contributed by atoms with E-state index in [4.69, 9.17) is 5.73 Å². The summed E-state index contributed by atoms with van der Waals surface area (Å²) in [7, 11) is 1.23. The SMILES string of the molecule is COC(=O)[C@H](CN)NC(=O)c1c(C)nc(NCc2ccccc2-c2ccc(O)cc2)nc1C.Cl. The van der Waals surface area contributed by atoms with Gasteiger partial charge in [-0.2, -0.15) is 0 Å². The second-order valence-electron chi connectivity index (χ2n) is 7.44. The number of phenolic OH excluding ortho intramolecular Hbond substituents is 1. The van der Waals surface area contributed by atoms with Crippen LogP contribution in [0, 0.1) is 13.8 Å². The summed E-state index contributed by atoms with van der Waals surface area (Å²) in [5.41, 5.74) is 9.80. The average Bonchev–Trinajstić information content (AvgIpc) is 2.81. The van der Waals surface area contributed by atoms with Gasteiger partial charge in [0.1, 0.15) is 11.8 Å². The largest absolute Gasteiger partial charge is 0.508 e. The van der Waals surface area contributed by atoms with Crippen LogP contribution in [0.1, 0.15) is 27.3 Å². The number of aromatic nitrogens is 2. The molecule has 1 amide bonds. The summed E-state index contributed by atoms with van der Waals surface area (Å²) < 4.78 is 4.65. The normalized spacial score (nSPS) is 11.2. The van der Waals surface area contributed by atoms with E-state index in [-0.39, 0.29) is 30.3 Å². The lowest BCUT2D eigenvalue weighted by molar-refractivity contribution is -0.142. The van der Waals surface area contributed by atoms with E-state index in [1.54, 1.807) is 26.0 Å². The standard InChI is InChI=1S/C24H27N5O4.ClH/c1-14-21(22(31)29-20(12-25)23(32)33-3)15(2)28-24(27-14)26-13-17-6-4-5-7-19(17)16-8-10-18(30)11-9-16;/h4-11,20,30H,12-13,25H2,1-3H3,(H,29,31)(H,26,27,28);1H/t20-;/m0./s1. The quantitative estimate of drug-likeness (QED) is 0.357. The van der Waals surface area contributed by atoms with E-state index < -0.39 is 17.9 Å². The van der Waals surface area contributed by atoms with Crippen LogP contribution in [0.15, 0.2) is 48.5 Å². The number of amides is 1. The first kappa shape index (κ1) is 26.6. The first-order valence-electron chi connectivity index (χ1n) is 10.4. The number of aryl methyl sites for hydroxylation is 2. The number of nitrogens with zero attached hydrogens (tertiary/aromatic N) is 2. The number of hydrogen-bond acceptors (Lipinski definition) is 8. The van der Waals surface area contributed by atoms with E-state index in [1.807, 2.05) is 36.4 Å². The van der Waals surface area contributed by atoms with Gasteiger partial charge in [0, 0.05) is 13.1 Å². The molecule has 10 heteroatoms. The zero-order chi connectivity index (χ0) is 24.0. The third kappa shape index (κ3) is 6.21. The topological polar surface area (TPSA) is 139 Å². The molecule has 2 aromatic carbocycles. The van der Waals surface area contributed by atoms with E-state index in [2.05, 4.69) is 25.3 Å². The summed E-state index contributed by atoms with van der Waals surface area (Å²) in [4.78, 5) is 33.3. The molecule has 1 aromatic heterocycles. The zero-order valence-corrected chi connectivity index (χ0v) is 20.0. The molecule has 3 aromatic rings. The molecular weight excluding hydrogens is 458 g/mol. The fraction of sp³-hybridized carbons (Fsp3) is 0.250.